The number of nitrogens with two attached hydrogens (primary N) is 1. The molecule has 0 spiro atoms. The predicted molar refractivity (Wildman–Crippen MR) is 86.0 cm³/mol. The summed E-state index contributed by atoms with van der Waals surface area (Å²) in [6.07, 6.45) is -0.500. The molecule has 4 nitrogen and oxygen atoms in total. The molecule has 5 heteroatoms. The van der Waals surface area contributed by atoms with Crippen molar-refractivity contribution in [3.63, 3.8) is 0 Å². The molecule has 2 aromatic carbocycles. The van der Waals surface area contributed by atoms with Gasteiger partial charge in [-0.25, -0.2) is 4.79 Å². The molecule has 0 bridgehead atoms. The minimum atomic E-state index is -0.782. The van der Waals surface area contributed by atoms with E-state index in [9.17, 15) is 4.79 Å². The van der Waals surface area contributed by atoms with Gasteiger partial charge in [-0.1, -0.05) is 42.5 Å². The topological polar surface area (TPSA) is 61.6 Å². The van der Waals surface area contributed by atoms with Crippen LogP contribution in [-0.4, -0.2) is 12.7 Å². The van der Waals surface area contributed by atoms with Crippen molar-refractivity contribution < 1.29 is 14.3 Å². The molecular weight excluding hydrogens is 302 g/mol. The maximum absolute atomic E-state index is 10.7. The van der Waals surface area contributed by atoms with Crippen LogP contribution in [0.4, 0.5) is 4.79 Å². The van der Waals surface area contributed by atoms with Crippen LogP contribution in [0.5, 0.6) is 5.75 Å². The van der Waals surface area contributed by atoms with Gasteiger partial charge in [-0.05, 0) is 23.3 Å². The number of carbonyl (C=O) groups excluding carboxylic acids is 1. The molecule has 0 radical (unpaired) electrons. The van der Waals surface area contributed by atoms with E-state index < -0.39 is 6.09 Å². The van der Waals surface area contributed by atoms with Crippen molar-refractivity contribution >= 4 is 17.7 Å². The van der Waals surface area contributed by atoms with Gasteiger partial charge in [0.2, 0.25) is 0 Å². The van der Waals surface area contributed by atoms with Crippen molar-refractivity contribution in [1.29, 1.82) is 0 Å². The van der Waals surface area contributed by atoms with Crippen molar-refractivity contribution in [3.8, 4) is 5.75 Å². The van der Waals surface area contributed by atoms with Crippen molar-refractivity contribution in [2.24, 2.45) is 5.73 Å². The maximum Gasteiger partial charge on any atom is 0.404 e. The first-order valence-corrected chi connectivity index (χ1v) is 7.51. The lowest BCUT2D eigenvalue weighted by Crippen LogP contribution is -2.17. The number of ether oxygens (including phenoxy) is 2. The third kappa shape index (κ3) is 4.97. The lowest BCUT2D eigenvalue weighted by Gasteiger charge is -2.20. The van der Waals surface area contributed by atoms with Gasteiger partial charge in [0.15, 0.2) is 0 Å². The SMILES string of the molecule is NC(=O)OCCC(Oc1cccc(CCl)c1)c1ccccc1. The van der Waals surface area contributed by atoms with Gasteiger partial charge in [0, 0.05) is 12.3 Å². The lowest BCUT2D eigenvalue weighted by atomic mass is 10.1. The highest BCUT2D eigenvalue weighted by Gasteiger charge is 2.14. The van der Waals surface area contributed by atoms with Crippen LogP contribution >= 0.6 is 11.6 Å². The fourth-order valence-electron chi connectivity index (χ4n) is 2.09. The number of halogens is 1. The van der Waals surface area contributed by atoms with Gasteiger partial charge < -0.3 is 15.2 Å². The van der Waals surface area contributed by atoms with E-state index in [1.54, 1.807) is 0 Å². The molecule has 0 aromatic heterocycles. The number of benzene rings is 2. The molecule has 22 heavy (non-hydrogen) atoms. The molecule has 0 saturated carbocycles. The summed E-state index contributed by atoms with van der Waals surface area (Å²) < 4.78 is 10.8. The minimum Gasteiger partial charge on any atom is -0.486 e. The average Bonchev–Trinajstić information content (AvgIpc) is 2.54. The number of amides is 1. The van der Waals surface area contributed by atoms with Crippen LogP contribution in [0.3, 0.4) is 0 Å². The Morgan fingerprint density at radius 1 is 1.14 bits per heavy atom. The van der Waals surface area contributed by atoms with Crippen molar-refractivity contribution in [2.75, 3.05) is 6.61 Å². The fourth-order valence-corrected chi connectivity index (χ4v) is 2.26. The molecule has 0 aliphatic rings. The number of hydrogen-bond acceptors (Lipinski definition) is 3. The minimum absolute atomic E-state index is 0.199. The van der Waals surface area contributed by atoms with Gasteiger partial charge in [-0.3, -0.25) is 0 Å². The summed E-state index contributed by atoms with van der Waals surface area (Å²) in [4.78, 5) is 10.7. The fraction of sp³-hybridized carbons (Fsp3) is 0.235. The highest BCUT2D eigenvalue weighted by Crippen LogP contribution is 2.26. The number of primary amides is 1. The van der Waals surface area contributed by atoms with Crippen LogP contribution in [0.2, 0.25) is 0 Å². The second-order valence-electron chi connectivity index (χ2n) is 4.75. The van der Waals surface area contributed by atoms with E-state index in [2.05, 4.69) is 0 Å². The predicted octanol–water partition coefficient (Wildman–Crippen LogP) is 4.03. The Kier molecular flexibility index (Phi) is 6.10. The molecule has 2 rings (SSSR count). The summed E-state index contributed by atoms with van der Waals surface area (Å²) in [5.41, 5.74) is 6.98. The van der Waals surface area contributed by atoms with Crippen LogP contribution in [0.15, 0.2) is 54.6 Å². The standard InChI is InChI=1S/C17H18ClNO3/c18-12-13-5-4-8-15(11-13)22-16(9-10-21-17(19)20)14-6-2-1-3-7-14/h1-8,11,16H,9-10,12H2,(H2,19,20). The van der Waals surface area contributed by atoms with E-state index in [-0.39, 0.29) is 12.7 Å². The second-order valence-corrected chi connectivity index (χ2v) is 5.02. The van der Waals surface area contributed by atoms with Gasteiger partial charge in [0.05, 0.1) is 6.61 Å². The summed E-state index contributed by atoms with van der Waals surface area (Å²) >= 11 is 5.84. The Morgan fingerprint density at radius 2 is 1.91 bits per heavy atom. The molecule has 116 valence electrons. The number of hydrogen-bond donors (Lipinski definition) is 1. The molecule has 0 saturated heterocycles. The molecule has 0 aliphatic heterocycles. The summed E-state index contributed by atoms with van der Waals surface area (Å²) in [6.45, 7) is 0.199. The Labute approximate surface area is 134 Å². The molecule has 0 heterocycles. The quantitative estimate of drug-likeness (QED) is 0.784. The Morgan fingerprint density at radius 3 is 2.59 bits per heavy atom. The number of alkyl halides is 1. The highest BCUT2D eigenvalue weighted by molar-refractivity contribution is 6.17. The Hall–Kier alpha value is -2.20. The average molecular weight is 320 g/mol. The van der Waals surface area contributed by atoms with Crippen molar-refractivity contribution in [3.05, 3.63) is 65.7 Å². The van der Waals surface area contributed by atoms with E-state index in [1.807, 2.05) is 54.6 Å². The first-order chi connectivity index (χ1) is 10.7. The zero-order valence-electron chi connectivity index (χ0n) is 12.1. The molecule has 1 atom stereocenters. The molecule has 2 aromatic rings. The maximum atomic E-state index is 10.7. The van der Waals surface area contributed by atoms with E-state index in [4.69, 9.17) is 26.8 Å². The first kappa shape index (κ1) is 16.2. The monoisotopic (exact) mass is 319 g/mol. The summed E-state index contributed by atoms with van der Waals surface area (Å²) in [7, 11) is 0. The molecule has 1 amide bonds. The van der Waals surface area contributed by atoms with Crippen LogP contribution in [0.25, 0.3) is 0 Å². The summed E-state index contributed by atoms with van der Waals surface area (Å²) in [6, 6.07) is 17.4. The van der Waals surface area contributed by atoms with Crippen molar-refractivity contribution in [2.45, 2.75) is 18.4 Å². The molecular formula is C17H18ClNO3. The smallest absolute Gasteiger partial charge is 0.404 e. The normalized spacial score (nSPS) is 11.7. The zero-order valence-corrected chi connectivity index (χ0v) is 12.8. The van der Waals surface area contributed by atoms with E-state index in [1.165, 1.54) is 0 Å². The zero-order chi connectivity index (χ0) is 15.8. The number of carbonyl (C=O) groups is 1. The first-order valence-electron chi connectivity index (χ1n) is 6.98. The van der Waals surface area contributed by atoms with Crippen LogP contribution < -0.4 is 10.5 Å². The van der Waals surface area contributed by atoms with Gasteiger partial charge >= 0.3 is 6.09 Å². The highest BCUT2D eigenvalue weighted by atomic mass is 35.5. The lowest BCUT2D eigenvalue weighted by molar-refractivity contribution is 0.122. The Balaban J connectivity index is 2.11. The second kappa shape index (κ2) is 8.29. The molecule has 0 aliphatic carbocycles. The largest absolute Gasteiger partial charge is 0.486 e. The molecule has 1 unspecified atom stereocenters. The third-order valence-electron chi connectivity index (χ3n) is 3.13. The van der Waals surface area contributed by atoms with E-state index in [0.717, 1.165) is 16.9 Å². The summed E-state index contributed by atoms with van der Waals surface area (Å²) in [5.74, 6) is 1.16. The van der Waals surface area contributed by atoms with Crippen LogP contribution in [0.1, 0.15) is 23.7 Å². The van der Waals surface area contributed by atoms with Gasteiger partial charge in [0.25, 0.3) is 0 Å². The summed E-state index contributed by atoms with van der Waals surface area (Å²) in [5, 5.41) is 0. The van der Waals surface area contributed by atoms with E-state index >= 15 is 0 Å². The van der Waals surface area contributed by atoms with E-state index in [0.29, 0.717) is 12.3 Å². The van der Waals surface area contributed by atoms with Crippen LogP contribution in [-0.2, 0) is 10.6 Å². The number of rotatable bonds is 7. The third-order valence-corrected chi connectivity index (χ3v) is 3.44. The van der Waals surface area contributed by atoms with Gasteiger partial charge in [-0.2, -0.15) is 0 Å². The van der Waals surface area contributed by atoms with Crippen molar-refractivity contribution in [1.82, 2.24) is 0 Å². The van der Waals surface area contributed by atoms with Crippen LogP contribution in [0, 0.1) is 0 Å². The molecule has 0 fully saturated rings. The Bertz CT molecular complexity index is 604. The van der Waals surface area contributed by atoms with Gasteiger partial charge in [-0.15, -0.1) is 11.6 Å². The molecule has 2 N–H and O–H groups in total. The van der Waals surface area contributed by atoms with Gasteiger partial charge in [0.1, 0.15) is 11.9 Å².